The Morgan fingerprint density at radius 1 is 0.805 bits per heavy atom. The predicted molar refractivity (Wildman–Crippen MR) is 166 cm³/mol. The van der Waals surface area contributed by atoms with Crippen molar-refractivity contribution in [1.29, 1.82) is 0 Å². The molecule has 0 saturated carbocycles. The number of anilines is 3. The molecular weight excluding hydrogens is 534 g/mol. The molecule has 212 valence electrons. The number of aromatic nitrogens is 1. The number of Topliss-reactive ketones (excluding diaryl/α,β-unsaturated/α-hetero) is 2. The molecule has 6 nitrogen and oxygen atoms in total. The van der Waals surface area contributed by atoms with Gasteiger partial charge in [0, 0.05) is 55.1 Å². The number of carbonyl (C=O) groups excluding carboxylic acids is 2. The lowest BCUT2D eigenvalue weighted by Crippen LogP contribution is -2.35. The van der Waals surface area contributed by atoms with Crippen LogP contribution in [0.2, 0.25) is 5.15 Å². The fourth-order valence-corrected chi connectivity index (χ4v) is 5.50. The third-order valence-corrected chi connectivity index (χ3v) is 7.94. The highest BCUT2D eigenvalue weighted by Gasteiger charge is 2.18. The Bertz CT molecular complexity index is 1470. The van der Waals surface area contributed by atoms with Crippen LogP contribution in [0.25, 0.3) is 0 Å². The summed E-state index contributed by atoms with van der Waals surface area (Å²) in [6, 6.07) is 27.1. The van der Waals surface area contributed by atoms with E-state index in [1.807, 2.05) is 77.4 Å². The highest BCUT2D eigenvalue weighted by atomic mass is 35.5. The van der Waals surface area contributed by atoms with Crippen LogP contribution >= 0.6 is 11.6 Å². The molecule has 0 amide bonds. The minimum Gasteiger partial charge on any atom is -0.393 e. The van der Waals surface area contributed by atoms with Crippen LogP contribution < -0.4 is 10.2 Å². The van der Waals surface area contributed by atoms with Crippen molar-refractivity contribution in [3.05, 3.63) is 112 Å². The van der Waals surface area contributed by atoms with Gasteiger partial charge in [-0.15, -0.1) is 0 Å². The maximum Gasteiger partial charge on any atom is 0.183 e. The number of rotatable bonds is 11. The Labute approximate surface area is 246 Å². The number of halogens is 1. The van der Waals surface area contributed by atoms with Gasteiger partial charge in [0.2, 0.25) is 0 Å². The van der Waals surface area contributed by atoms with Crippen LogP contribution in [0.1, 0.15) is 58.2 Å². The van der Waals surface area contributed by atoms with Crippen LogP contribution in [0.15, 0.2) is 84.9 Å². The number of ketones is 2. The standard InChI is InChI=1S/C34H36ClN3O3/c1-2-19-38-31(15-16-34(38)35)33(41)23-25-5-11-28(12-6-25)36-27-9-3-24(4-10-27)22-32(40)26-7-13-29(14-8-26)37-20-17-30(39)18-21-37/h3-16,30,36,39H,2,17-23H2,1H3. The smallest absolute Gasteiger partial charge is 0.183 e. The molecule has 1 aromatic heterocycles. The van der Waals surface area contributed by atoms with E-state index in [4.69, 9.17) is 11.6 Å². The lowest BCUT2D eigenvalue weighted by Gasteiger charge is -2.31. The van der Waals surface area contributed by atoms with E-state index in [2.05, 4.69) is 17.1 Å². The summed E-state index contributed by atoms with van der Waals surface area (Å²) in [6.07, 6.45) is 2.92. The van der Waals surface area contributed by atoms with Crippen molar-refractivity contribution in [2.24, 2.45) is 0 Å². The lowest BCUT2D eigenvalue weighted by molar-refractivity contribution is 0.0979. The van der Waals surface area contributed by atoms with Crippen molar-refractivity contribution in [1.82, 2.24) is 4.57 Å². The maximum atomic E-state index is 12.9. The Kier molecular flexibility index (Phi) is 9.22. The number of hydrogen-bond donors (Lipinski definition) is 2. The van der Waals surface area contributed by atoms with E-state index in [-0.39, 0.29) is 17.7 Å². The molecule has 1 aliphatic heterocycles. The zero-order valence-electron chi connectivity index (χ0n) is 23.4. The second kappa shape index (κ2) is 13.2. The number of benzene rings is 3. The maximum absolute atomic E-state index is 12.9. The predicted octanol–water partition coefficient (Wildman–Crippen LogP) is 7.11. The van der Waals surface area contributed by atoms with E-state index < -0.39 is 0 Å². The quantitative estimate of drug-likeness (QED) is 0.188. The molecule has 7 heteroatoms. The van der Waals surface area contributed by atoms with Crippen molar-refractivity contribution in [2.75, 3.05) is 23.3 Å². The van der Waals surface area contributed by atoms with Gasteiger partial charge < -0.3 is 19.9 Å². The zero-order chi connectivity index (χ0) is 28.8. The Balaban J connectivity index is 1.13. The third-order valence-electron chi connectivity index (χ3n) is 7.61. The molecule has 0 unspecified atom stereocenters. The molecule has 0 atom stereocenters. The molecule has 0 aliphatic carbocycles. The summed E-state index contributed by atoms with van der Waals surface area (Å²) in [5.41, 5.74) is 6.19. The first-order valence-corrected chi connectivity index (χ1v) is 14.7. The van der Waals surface area contributed by atoms with Crippen LogP contribution in [0.5, 0.6) is 0 Å². The molecule has 41 heavy (non-hydrogen) atoms. The van der Waals surface area contributed by atoms with Gasteiger partial charge in [0.25, 0.3) is 0 Å². The van der Waals surface area contributed by atoms with Gasteiger partial charge in [-0.25, -0.2) is 0 Å². The SMILES string of the molecule is CCCn1c(Cl)ccc1C(=O)Cc1ccc(Nc2ccc(CC(=O)c3ccc(N4CCC(O)CC4)cc3)cc2)cc1. The topological polar surface area (TPSA) is 74.6 Å². The fraction of sp³-hybridized carbons (Fsp3) is 0.294. The molecule has 0 bridgehead atoms. The summed E-state index contributed by atoms with van der Waals surface area (Å²) in [6.45, 7) is 4.46. The largest absolute Gasteiger partial charge is 0.393 e. The molecule has 0 radical (unpaired) electrons. The van der Waals surface area contributed by atoms with E-state index in [9.17, 15) is 14.7 Å². The summed E-state index contributed by atoms with van der Waals surface area (Å²) >= 11 is 6.24. The second-order valence-electron chi connectivity index (χ2n) is 10.7. The number of hydrogen-bond acceptors (Lipinski definition) is 5. The normalized spacial score (nSPS) is 13.8. The average molecular weight is 570 g/mol. The van der Waals surface area contributed by atoms with Gasteiger partial charge >= 0.3 is 0 Å². The molecule has 2 N–H and O–H groups in total. The number of piperidine rings is 1. The van der Waals surface area contributed by atoms with E-state index in [0.29, 0.717) is 29.3 Å². The monoisotopic (exact) mass is 569 g/mol. The van der Waals surface area contributed by atoms with E-state index >= 15 is 0 Å². The molecule has 4 aromatic rings. The van der Waals surface area contributed by atoms with Crippen molar-refractivity contribution >= 4 is 40.2 Å². The number of nitrogens with one attached hydrogen (secondary N) is 1. The summed E-state index contributed by atoms with van der Waals surface area (Å²) < 4.78 is 1.87. The van der Waals surface area contributed by atoms with E-state index in [1.54, 1.807) is 12.1 Å². The molecule has 1 fully saturated rings. The molecule has 1 aliphatic rings. The second-order valence-corrected chi connectivity index (χ2v) is 11.1. The van der Waals surface area contributed by atoms with E-state index in [0.717, 1.165) is 67.1 Å². The molecule has 1 saturated heterocycles. The average Bonchev–Trinajstić information content (AvgIpc) is 3.35. The van der Waals surface area contributed by atoms with Crippen LogP contribution in [-0.4, -0.2) is 40.4 Å². The number of nitrogens with zero attached hydrogens (tertiary/aromatic N) is 2. The van der Waals surface area contributed by atoms with Gasteiger partial charge in [0.1, 0.15) is 5.15 Å². The number of aliphatic hydroxyl groups is 1. The van der Waals surface area contributed by atoms with Crippen molar-refractivity contribution < 1.29 is 14.7 Å². The van der Waals surface area contributed by atoms with Crippen LogP contribution in [0.3, 0.4) is 0 Å². The summed E-state index contributed by atoms with van der Waals surface area (Å²) in [5.74, 6) is 0.135. The first-order chi connectivity index (χ1) is 19.9. The number of aliphatic hydroxyl groups excluding tert-OH is 1. The van der Waals surface area contributed by atoms with Gasteiger partial charge in [0.05, 0.1) is 11.8 Å². The van der Waals surface area contributed by atoms with Gasteiger partial charge in [-0.1, -0.05) is 42.8 Å². The Hall–Kier alpha value is -3.87. The number of carbonyl (C=O) groups is 2. The molecular formula is C34H36ClN3O3. The minimum atomic E-state index is -0.202. The third kappa shape index (κ3) is 7.26. The van der Waals surface area contributed by atoms with Gasteiger partial charge in [0.15, 0.2) is 11.6 Å². The first-order valence-electron chi connectivity index (χ1n) is 14.3. The van der Waals surface area contributed by atoms with Crippen LogP contribution in [0.4, 0.5) is 17.1 Å². The Morgan fingerprint density at radius 3 is 1.93 bits per heavy atom. The summed E-state index contributed by atoms with van der Waals surface area (Å²) in [5, 5.41) is 13.7. The van der Waals surface area contributed by atoms with Gasteiger partial charge in [-0.05, 0) is 91.1 Å². The molecule has 3 aromatic carbocycles. The summed E-state index contributed by atoms with van der Waals surface area (Å²) in [4.78, 5) is 28.0. The highest BCUT2D eigenvalue weighted by molar-refractivity contribution is 6.30. The zero-order valence-corrected chi connectivity index (χ0v) is 24.1. The summed E-state index contributed by atoms with van der Waals surface area (Å²) in [7, 11) is 0. The lowest BCUT2D eigenvalue weighted by atomic mass is 10.0. The van der Waals surface area contributed by atoms with Gasteiger partial charge in [-0.2, -0.15) is 0 Å². The molecule has 2 heterocycles. The minimum absolute atomic E-state index is 0.0508. The first kappa shape index (κ1) is 28.7. The van der Waals surface area contributed by atoms with Crippen molar-refractivity contribution in [3.8, 4) is 0 Å². The van der Waals surface area contributed by atoms with Crippen LogP contribution in [0, 0.1) is 0 Å². The van der Waals surface area contributed by atoms with E-state index in [1.165, 1.54) is 0 Å². The van der Waals surface area contributed by atoms with Gasteiger partial charge in [-0.3, -0.25) is 9.59 Å². The molecule has 0 spiro atoms. The molecule has 5 rings (SSSR count). The van der Waals surface area contributed by atoms with Crippen LogP contribution in [-0.2, 0) is 19.4 Å². The van der Waals surface area contributed by atoms with Crippen molar-refractivity contribution in [2.45, 2.75) is 51.7 Å². The Morgan fingerprint density at radius 2 is 1.37 bits per heavy atom. The van der Waals surface area contributed by atoms with Crippen molar-refractivity contribution in [3.63, 3.8) is 0 Å². The fourth-order valence-electron chi connectivity index (χ4n) is 5.26. The highest BCUT2D eigenvalue weighted by Crippen LogP contribution is 2.23.